The lowest BCUT2D eigenvalue weighted by atomic mass is 10.1. The van der Waals surface area contributed by atoms with Gasteiger partial charge in [-0.05, 0) is 61.7 Å². The van der Waals surface area contributed by atoms with Crippen molar-refractivity contribution in [3.63, 3.8) is 0 Å². The van der Waals surface area contributed by atoms with Gasteiger partial charge in [0.25, 0.3) is 0 Å². The first-order valence-corrected chi connectivity index (χ1v) is 13.4. The van der Waals surface area contributed by atoms with E-state index < -0.39 is 27.7 Å². The fourth-order valence-corrected chi connectivity index (χ4v) is 4.48. The highest BCUT2D eigenvalue weighted by Crippen LogP contribution is 2.19. The van der Waals surface area contributed by atoms with Crippen LogP contribution in [0.25, 0.3) is 0 Å². The summed E-state index contributed by atoms with van der Waals surface area (Å²) in [6, 6.07) is 9.97. The summed E-state index contributed by atoms with van der Waals surface area (Å²) < 4.78 is 52.2. The predicted octanol–water partition coefficient (Wildman–Crippen LogP) is 3.84. The monoisotopic (exact) mass is 509 g/mol. The number of nitrogens with one attached hydrogen (secondary N) is 1. The molecule has 2 aromatic rings. The summed E-state index contributed by atoms with van der Waals surface area (Å²) in [5.74, 6) is -1.52. The Bertz CT molecular complexity index is 1080. The van der Waals surface area contributed by atoms with Crippen LogP contribution >= 0.6 is 0 Å². The zero-order valence-electron chi connectivity index (χ0n) is 20.3. The van der Waals surface area contributed by atoms with Crippen molar-refractivity contribution in [3.8, 4) is 0 Å². The SMILES string of the molecule is CCCCNC(=O)[C@H](C)N(Cc1ccc(F)cc1)C(=O)CCCN(c1ccc(F)cc1)S(C)(=O)=O. The van der Waals surface area contributed by atoms with E-state index in [1.165, 1.54) is 41.3 Å². The molecule has 10 heteroatoms. The predicted molar refractivity (Wildman–Crippen MR) is 132 cm³/mol. The van der Waals surface area contributed by atoms with Crippen LogP contribution in [0.2, 0.25) is 0 Å². The van der Waals surface area contributed by atoms with Crippen LogP contribution in [0.5, 0.6) is 0 Å². The third-order valence-corrected chi connectivity index (χ3v) is 6.72. The summed E-state index contributed by atoms with van der Waals surface area (Å²) in [6.07, 6.45) is 2.95. The summed E-state index contributed by atoms with van der Waals surface area (Å²) in [5, 5.41) is 2.82. The topological polar surface area (TPSA) is 86.8 Å². The number of sulfonamides is 1. The van der Waals surface area contributed by atoms with Crippen molar-refractivity contribution < 1.29 is 26.8 Å². The number of halogens is 2. The second kappa shape index (κ2) is 13.2. The van der Waals surface area contributed by atoms with Gasteiger partial charge in [0, 0.05) is 26.1 Å². The number of amides is 2. The highest BCUT2D eigenvalue weighted by Gasteiger charge is 2.26. The molecule has 0 fully saturated rings. The molecule has 0 saturated carbocycles. The Morgan fingerprint density at radius 1 is 0.971 bits per heavy atom. The maximum absolute atomic E-state index is 13.3. The first kappa shape index (κ1) is 28.2. The Morgan fingerprint density at radius 3 is 2.09 bits per heavy atom. The molecule has 2 rings (SSSR count). The van der Waals surface area contributed by atoms with Crippen LogP contribution in [0.3, 0.4) is 0 Å². The van der Waals surface area contributed by atoms with Gasteiger partial charge in [-0.3, -0.25) is 13.9 Å². The molecule has 2 aromatic carbocycles. The van der Waals surface area contributed by atoms with Gasteiger partial charge in [-0.2, -0.15) is 0 Å². The fourth-order valence-electron chi connectivity index (χ4n) is 3.52. The summed E-state index contributed by atoms with van der Waals surface area (Å²) in [6.45, 7) is 4.25. The van der Waals surface area contributed by atoms with Crippen LogP contribution in [0, 0.1) is 11.6 Å². The van der Waals surface area contributed by atoms with Crippen LogP contribution < -0.4 is 9.62 Å². The molecule has 0 aliphatic rings. The molecule has 192 valence electrons. The maximum Gasteiger partial charge on any atom is 0.242 e. The quantitative estimate of drug-likeness (QED) is 0.416. The molecule has 0 aliphatic carbocycles. The van der Waals surface area contributed by atoms with Gasteiger partial charge in [0.1, 0.15) is 17.7 Å². The minimum atomic E-state index is -3.66. The number of carbonyl (C=O) groups excluding carboxylic acids is 2. The van der Waals surface area contributed by atoms with Gasteiger partial charge < -0.3 is 10.2 Å². The van der Waals surface area contributed by atoms with E-state index in [9.17, 15) is 26.8 Å². The van der Waals surface area contributed by atoms with Gasteiger partial charge in [0.2, 0.25) is 21.8 Å². The number of nitrogens with zero attached hydrogens (tertiary/aromatic N) is 2. The van der Waals surface area contributed by atoms with E-state index in [2.05, 4.69) is 5.32 Å². The summed E-state index contributed by atoms with van der Waals surface area (Å²) in [7, 11) is -3.66. The van der Waals surface area contributed by atoms with Crippen molar-refractivity contribution >= 4 is 27.5 Å². The van der Waals surface area contributed by atoms with Gasteiger partial charge in [0.15, 0.2) is 0 Å². The number of hydrogen-bond acceptors (Lipinski definition) is 4. The molecule has 0 unspecified atom stereocenters. The summed E-state index contributed by atoms with van der Waals surface area (Å²) in [5.41, 5.74) is 0.963. The van der Waals surface area contributed by atoms with Crippen molar-refractivity contribution in [2.24, 2.45) is 0 Å². The molecule has 0 spiro atoms. The Labute approximate surface area is 206 Å². The minimum Gasteiger partial charge on any atom is -0.354 e. The molecule has 0 radical (unpaired) electrons. The lowest BCUT2D eigenvalue weighted by Crippen LogP contribution is -2.48. The molecular weight excluding hydrogens is 476 g/mol. The van der Waals surface area contributed by atoms with Crippen molar-refractivity contribution in [1.29, 1.82) is 0 Å². The number of rotatable bonds is 13. The van der Waals surface area contributed by atoms with Gasteiger partial charge in [-0.15, -0.1) is 0 Å². The molecular formula is C25H33F2N3O4S. The first-order chi connectivity index (χ1) is 16.5. The number of hydrogen-bond donors (Lipinski definition) is 1. The van der Waals surface area contributed by atoms with E-state index in [-0.39, 0.29) is 37.7 Å². The van der Waals surface area contributed by atoms with Crippen LogP contribution in [0.15, 0.2) is 48.5 Å². The van der Waals surface area contributed by atoms with Crippen LogP contribution in [-0.4, -0.2) is 50.5 Å². The number of unbranched alkanes of at least 4 members (excludes halogenated alkanes) is 1. The van der Waals surface area contributed by atoms with Gasteiger partial charge in [-0.25, -0.2) is 17.2 Å². The molecule has 0 aliphatic heterocycles. The largest absolute Gasteiger partial charge is 0.354 e. The number of anilines is 1. The van der Waals surface area contributed by atoms with Crippen molar-refractivity contribution in [2.75, 3.05) is 23.7 Å². The highest BCUT2D eigenvalue weighted by atomic mass is 32.2. The molecule has 1 atom stereocenters. The number of benzene rings is 2. The molecule has 7 nitrogen and oxygen atoms in total. The highest BCUT2D eigenvalue weighted by molar-refractivity contribution is 7.92. The smallest absolute Gasteiger partial charge is 0.242 e. The van der Waals surface area contributed by atoms with Crippen LogP contribution in [0.1, 0.15) is 45.1 Å². The maximum atomic E-state index is 13.3. The van der Waals surface area contributed by atoms with Gasteiger partial charge >= 0.3 is 0 Å². The van der Waals surface area contributed by atoms with Crippen molar-refractivity contribution in [1.82, 2.24) is 10.2 Å². The van der Waals surface area contributed by atoms with E-state index in [4.69, 9.17) is 0 Å². The molecule has 0 heterocycles. The van der Waals surface area contributed by atoms with E-state index in [0.717, 1.165) is 23.4 Å². The average molecular weight is 510 g/mol. The molecule has 0 bridgehead atoms. The zero-order valence-corrected chi connectivity index (χ0v) is 21.2. The fraction of sp³-hybridized carbons (Fsp3) is 0.440. The average Bonchev–Trinajstić information content (AvgIpc) is 2.81. The Hall–Kier alpha value is -3.01. The Balaban J connectivity index is 2.12. The van der Waals surface area contributed by atoms with E-state index in [1.807, 2.05) is 6.92 Å². The van der Waals surface area contributed by atoms with Gasteiger partial charge in [0.05, 0.1) is 11.9 Å². The van der Waals surface area contributed by atoms with E-state index in [1.54, 1.807) is 19.1 Å². The van der Waals surface area contributed by atoms with Crippen molar-refractivity contribution in [3.05, 3.63) is 65.7 Å². The van der Waals surface area contributed by atoms with E-state index in [0.29, 0.717) is 17.8 Å². The molecule has 1 N–H and O–H groups in total. The molecule has 2 amide bonds. The first-order valence-electron chi connectivity index (χ1n) is 11.6. The third kappa shape index (κ3) is 8.93. The van der Waals surface area contributed by atoms with E-state index >= 15 is 0 Å². The zero-order chi connectivity index (χ0) is 26.0. The second-order valence-corrected chi connectivity index (χ2v) is 10.3. The third-order valence-electron chi connectivity index (χ3n) is 5.53. The second-order valence-electron chi connectivity index (χ2n) is 8.38. The minimum absolute atomic E-state index is 0.0116. The van der Waals surface area contributed by atoms with Crippen molar-refractivity contribution in [2.45, 2.75) is 52.1 Å². The van der Waals surface area contributed by atoms with Crippen LogP contribution in [0.4, 0.5) is 14.5 Å². The Morgan fingerprint density at radius 2 is 1.54 bits per heavy atom. The standard InChI is InChI=1S/C25H33F2N3O4S/c1-4-5-16-28-25(32)19(2)29(18-20-8-10-21(26)11-9-20)24(31)7-6-17-30(35(3,33)34)23-14-12-22(27)13-15-23/h8-15,19H,4-7,16-18H2,1-3H3,(H,28,32)/t19-/m0/s1. The molecule has 0 saturated heterocycles. The molecule has 35 heavy (non-hydrogen) atoms. The van der Waals surface area contributed by atoms with Gasteiger partial charge in [-0.1, -0.05) is 25.5 Å². The summed E-state index contributed by atoms with van der Waals surface area (Å²) in [4.78, 5) is 27.2. The van der Waals surface area contributed by atoms with Crippen LogP contribution in [-0.2, 0) is 26.2 Å². The summed E-state index contributed by atoms with van der Waals surface area (Å²) >= 11 is 0. The lowest BCUT2D eigenvalue weighted by molar-refractivity contribution is -0.140. The Kier molecular flexibility index (Phi) is 10.6. The lowest BCUT2D eigenvalue weighted by Gasteiger charge is -2.29. The normalized spacial score (nSPS) is 12.1. The number of carbonyl (C=O) groups is 2. The molecule has 0 aromatic heterocycles.